The van der Waals surface area contributed by atoms with Crippen molar-refractivity contribution >= 4 is 11.6 Å². The zero-order valence-electron chi connectivity index (χ0n) is 13.0. The molecule has 0 radical (unpaired) electrons. The van der Waals surface area contributed by atoms with Gasteiger partial charge in [-0.05, 0) is 30.3 Å². The molecule has 0 aliphatic rings. The summed E-state index contributed by atoms with van der Waals surface area (Å²) < 4.78 is 7.16. The van der Waals surface area contributed by atoms with Crippen LogP contribution in [-0.2, 0) is 4.79 Å². The fourth-order valence-corrected chi connectivity index (χ4v) is 2.34. The van der Waals surface area contributed by atoms with Gasteiger partial charge in [-0.3, -0.25) is 4.79 Å². The number of imidazole rings is 1. The number of nitrogens with zero attached hydrogens (tertiary/aromatic N) is 2. The van der Waals surface area contributed by atoms with Crippen molar-refractivity contribution in [2.45, 2.75) is 6.92 Å². The Balaban J connectivity index is 1.91. The highest BCUT2D eigenvalue weighted by Crippen LogP contribution is 2.23. The van der Waals surface area contributed by atoms with E-state index in [0.29, 0.717) is 0 Å². The first-order chi connectivity index (χ1) is 11.2. The number of methoxy groups -OCH3 is 1. The Bertz CT molecular complexity index is 840. The van der Waals surface area contributed by atoms with Crippen LogP contribution in [0.2, 0.25) is 0 Å². The van der Waals surface area contributed by atoms with E-state index in [1.165, 1.54) is 6.92 Å². The lowest BCUT2D eigenvalue weighted by atomic mass is 10.1. The summed E-state index contributed by atoms with van der Waals surface area (Å²) in [6, 6.07) is 15.4. The fourth-order valence-electron chi connectivity index (χ4n) is 2.34. The molecule has 5 nitrogen and oxygen atoms in total. The van der Waals surface area contributed by atoms with E-state index in [1.807, 2.05) is 59.3 Å². The Morgan fingerprint density at radius 3 is 2.78 bits per heavy atom. The van der Waals surface area contributed by atoms with Crippen LogP contribution in [0.25, 0.3) is 16.9 Å². The average molecular weight is 307 g/mol. The second-order valence-corrected chi connectivity index (χ2v) is 5.13. The Labute approximate surface area is 134 Å². The largest absolute Gasteiger partial charge is 0.497 e. The first kappa shape index (κ1) is 14.8. The molecular weight excluding hydrogens is 290 g/mol. The van der Waals surface area contributed by atoms with Gasteiger partial charge in [-0.2, -0.15) is 0 Å². The van der Waals surface area contributed by atoms with Crippen molar-refractivity contribution in [1.29, 1.82) is 0 Å². The van der Waals surface area contributed by atoms with Crippen LogP contribution in [0.3, 0.4) is 0 Å². The van der Waals surface area contributed by atoms with E-state index in [2.05, 4.69) is 10.3 Å². The number of aromatic nitrogens is 2. The minimum atomic E-state index is -0.0927. The number of hydrogen-bond donors (Lipinski definition) is 1. The highest BCUT2D eigenvalue weighted by Gasteiger charge is 2.06. The summed E-state index contributed by atoms with van der Waals surface area (Å²) in [5, 5.41) is 2.78. The molecule has 23 heavy (non-hydrogen) atoms. The molecule has 0 saturated carbocycles. The van der Waals surface area contributed by atoms with Crippen molar-refractivity contribution in [3.63, 3.8) is 0 Å². The normalized spacial score (nSPS) is 10.3. The van der Waals surface area contributed by atoms with E-state index < -0.39 is 0 Å². The van der Waals surface area contributed by atoms with Gasteiger partial charge in [0.2, 0.25) is 5.91 Å². The van der Waals surface area contributed by atoms with E-state index in [-0.39, 0.29) is 5.91 Å². The third-order valence-corrected chi connectivity index (χ3v) is 3.41. The second kappa shape index (κ2) is 6.36. The number of ether oxygens (including phenoxy) is 1. The maximum atomic E-state index is 11.2. The fraction of sp³-hybridized carbons (Fsp3) is 0.111. The lowest BCUT2D eigenvalue weighted by Crippen LogP contribution is -2.06. The molecule has 5 heteroatoms. The first-order valence-electron chi connectivity index (χ1n) is 7.22. The van der Waals surface area contributed by atoms with Crippen molar-refractivity contribution in [3.8, 4) is 22.7 Å². The van der Waals surface area contributed by atoms with Crippen LogP contribution in [0.5, 0.6) is 5.75 Å². The molecule has 0 spiro atoms. The van der Waals surface area contributed by atoms with Gasteiger partial charge in [-0.25, -0.2) is 4.98 Å². The van der Waals surface area contributed by atoms with Crippen LogP contribution >= 0.6 is 0 Å². The van der Waals surface area contributed by atoms with E-state index in [0.717, 1.165) is 28.4 Å². The number of rotatable bonds is 4. The molecule has 3 aromatic rings. The molecule has 0 atom stereocenters. The summed E-state index contributed by atoms with van der Waals surface area (Å²) >= 11 is 0. The van der Waals surface area contributed by atoms with Gasteiger partial charge in [0.25, 0.3) is 0 Å². The van der Waals surface area contributed by atoms with Gasteiger partial charge < -0.3 is 14.6 Å². The number of hydrogen-bond acceptors (Lipinski definition) is 3. The van der Waals surface area contributed by atoms with Gasteiger partial charge in [-0.15, -0.1) is 0 Å². The maximum absolute atomic E-state index is 11.2. The number of carbonyl (C=O) groups is 1. The van der Waals surface area contributed by atoms with Crippen LogP contribution in [0, 0.1) is 0 Å². The molecule has 3 rings (SSSR count). The molecule has 0 bridgehead atoms. The summed E-state index contributed by atoms with van der Waals surface area (Å²) in [6.07, 6.45) is 3.70. The molecular formula is C18H17N3O2. The highest BCUT2D eigenvalue weighted by molar-refractivity contribution is 5.88. The summed E-state index contributed by atoms with van der Waals surface area (Å²) in [5.41, 5.74) is 3.53. The lowest BCUT2D eigenvalue weighted by Gasteiger charge is -2.06. The Hall–Kier alpha value is -3.08. The van der Waals surface area contributed by atoms with Crippen molar-refractivity contribution < 1.29 is 9.53 Å². The van der Waals surface area contributed by atoms with Crippen LogP contribution in [0.1, 0.15) is 6.92 Å². The van der Waals surface area contributed by atoms with Gasteiger partial charge in [0.15, 0.2) is 0 Å². The zero-order valence-corrected chi connectivity index (χ0v) is 13.0. The number of nitrogens with one attached hydrogen (secondary N) is 1. The number of amides is 1. The predicted octanol–water partition coefficient (Wildman–Crippen LogP) is 3.51. The standard InChI is InChI=1S/C18H17N3O2/c1-13(22)20-15-6-4-7-16(10-15)21-11-18(19-12-21)14-5-3-8-17(9-14)23-2/h3-12H,1-2H3,(H,20,22). The zero-order chi connectivity index (χ0) is 16.2. The smallest absolute Gasteiger partial charge is 0.221 e. The molecule has 0 unspecified atom stereocenters. The molecule has 116 valence electrons. The summed E-state index contributed by atoms with van der Waals surface area (Å²) in [6.45, 7) is 1.49. The molecule has 0 saturated heterocycles. The summed E-state index contributed by atoms with van der Waals surface area (Å²) in [7, 11) is 1.64. The maximum Gasteiger partial charge on any atom is 0.221 e. The molecule has 1 N–H and O–H groups in total. The van der Waals surface area contributed by atoms with Gasteiger partial charge >= 0.3 is 0 Å². The minimum absolute atomic E-state index is 0.0927. The second-order valence-electron chi connectivity index (χ2n) is 5.13. The molecule has 0 fully saturated rings. The Morgan fingerprint density at radius 1 is 1.17 bits per heavy atom. The molecule has 2 aromatic carbocycles. The van der Waals surface area contributed by atoms with Gasteiger partial charge in [0, 0.05) is 30.1 Å². The topological polar surface area (TPSA) is 56.1 Å². The molecule has 1 heterocycles. The third kappa shape index (κ3) is 3.40. The Morgan fingerprint density at radius 2 is 2.00 bits per heavy atom. The number of carbonyl (C=O) groups excluding carboxylic acids is 1. The van der Waals surface area contributed by atoms with Crippen molar-refractivity contribution in [2.75, 3.05) is 12.4 Å². The first-order valence-corrected chi connectivity index (χ1v) is 7.22. The van der Waals surface area contributed by atoms with Gasteiger partial charge in [0.1, 0.15) is 5.75 Å². The minimum Gasteiger partial charge on any atom is -0.497 e. The Kier molecular flexibility index (Phi) is 4.10. The predicted molar refractivity (Wildman–Crippen MR) is 89.9 cm³/mol. The van der Waals surface area contributed by atoms with Gasteiger partial charge in [0.05, 0.1) is 19.1 Å². The van der Waals surface area contributed by atoms with Gasteiger partial charge in [-0.1, -0.05) is 18.2 Å². The van der Waals surface area contributed by atoms with Crippen LogP contribution in [-0.4, -0.2) is 22.6 Å². The third-order valence-electron chi connectivity index (χ3n) is 3.41. The highest BCUT2D eigenvalue weighted by atomic mass is 16.5. The summed E-state index contributed by atoms with van der Waals surface area (Å²) in [5.74, 6) is 0.703. The van der Waals surface area contributed by atoms with E-state index >= 15 is 0 Å². The number of benzene rings is 2. The average Bonchev–Trinajstić information content (AvgIpc) is 3.04. The molecule has 1 aromatic heterocycles. The SMILES string of the molecule is COc1cccc(-c2cn(-c3cccc(NC(C)=O)c3)cn2)c1. The quantitative estimate of drug-likeness (QED) is 0.802. The molecule has 1 amide bonds. The van der Waals surface area contributed by atoms with Crippen molar-refractivity contribution in [2.24, 2.45) is 0 Å². The molecule has 0 aliphatic carbocycles. The summed E-state index contributed by atoms with van der Waals surface area (Å²) in [4.78, 5) is 15.6. The number of anilines is 1. The van der Waals surface area contributed by atoms with Crippen LogP contribution < -0.4 is 10.1 Å². The van der Waals surface area contributed by atoms with Crippen LogP contribution in [0.4, 0.5) is 5.69 Å². The van der Waals surface area contributed by atoms with E-state index in [9.17, 15) is 4.79 Å². The molecule has 0 aliphatic heterocycles. The van der Waals surface area contributed by atoms with E-state index in [4.69, 9.17) is 4.74 Å². The van der Waals surface area contributed by atoms with Crippen molar-refractivity contribution in [3.05, 3.63) is 61.1 Å². The van der Waals surface area contributed by atoms with E-state index in [1.54, 1.807) is 13.4 Å². The lowest BCUT2D eigenvalue weighted by molar-refractivity contribution is -0.114. The monoisotopic (exact) mass is 307 g/mol. The van der Waals surface area contributed by atoms with Crippen molar-refractivity contribution in [1.82, 2.24) is 9.55 Å². The van der Waals surface area contributed by atoms with Crippen LogP contribution in [0.15, 0.2) is 61.1 Å².